The number of alkyl halides is 3. The van der Waals surface area contributed by atoms with Crippen LogP contribution < -0.4 is 10.9 Å². The Morgan fingerprint density at radius 3 is 2.32 bits per heavy atom. The van der Waals surface area contributed by atoms with Gasteiger partial charge in [-0.2, -0.15) is 13.2 Å². The van der Waals surface area contributed by atoms with Crippen molar-refractivity contribution >= 4 is 35.5 Å². The molecule has 2 aliphatic rings. The van der Waals surface area contributed by atoms with Crippen LogP contribution in [0.2, 0.25) is 0 Å². The van der Waals surface area contributed by atoms with Crippen molar-refractivity contribution in [3.8, 4) is 0 Å². The number of hydrogen-bond acceptors (Lipinski definition) is 6. The summed E-state index contributed by atoms with van der Waals surface area (Å²) in [4.78, 5) is 61.2. The van der Waals surface area contributed by atoms with Gasteiger partial charge in [0.1, 0.15) is 17.5 Å². The normalized spacial score (nSPS) is 25.4. The van der Waals surface area contributed by atoms with E-state index in [0.29, 0.717) is 12.1 Å². The average Bonchev–Trinajstić information content (AvgIpc) is 2.88. The lowest BCUT2D eigenvalue weighted by Crippen LogP contribution is -2.71. The zero-order valence-corrected chi connectivity index (χ0v) is 16.7. The molecule has 1 aromatic rings. The van der Waals surface area contributed by atoms with Gasteiger partial charge in [0.05, 0.1) is 5.56 Å². The lowest BCUT2D eigenvalue weighted by Gasteiger charge is -2.43. The highest BCUT2D eigenvalue weighted by Gasteiger charge is 2.64. The number of halogens is 3. The summed E-state index contributed by atoms with van der Waals surface area (Å²) in [5, 5.41) is 20.1. The Hall–Kier alpha value is -3.03. The number of nitrogens with zero attached hydrogens (tertiary/aromatic N) is 2. The van der Waals surface area contributed by atoms with Crippen molar-refractivity contribution in [1.29, 1.82) is 0 Å². The number of carbonyl (C=O) groups excluding carboxylic acids is 2. The van der Waals surface area contributed by atoms with Gasteiger partial charge in [0, 0.05) is 17.0 Å². The highest BCUT2D eigenvalue weighted by Crippen LogP contribution is 2.50. The molecule has 2 fully saturated rings. The molecule has 14 heteroatoms. The molecule has 3 N–H and O–H groups in total. The molecule has 3 heterocycles. The Morgan fingerprint density at radius 2 is 1.81 bits per heavy atom. The van der Waals surface area contributed by atoms with E-state index in [1.807, 2.05) is 0 Å². The molecule has 1 unspecified atom stereocenters. The van der Waals surface area contributed by atoms with Gasteiger partial charge in [-0.15, -0.1) is 11.8 Å². The van der Waals surface area contributed by atoms with Crippen LogP contribution in [-0.2, 0) is 25.4 Å². The first-order valence-corrected chi connectivity index (χ1v) is 9.60. The Labute approximate surface area is 176 Å². The third-order valence-electron chi connectivity index (χ3n) is 5.00. The Balaban J connectivity index is 1.88. The molecule has 168 valence electrons. The molecule has 0 radical (unpaired) electrons. The number of pyridine rings is 1. The van der Waals surface area contributed by atoms with Gasteiger partial charge in [-0.1, -0.05) is 0 Å². The minimum Gasteiger partial charge on any atom is -0.480 e. The van der Waals surface area contributed by atoms with Crippen molar-refractivity contribution in [2.45, 2.75) is 48.3 Å². The van der Waals surface area contributed by atoms with E-state index in [4.69, 9.17) is 0 Å². The number of carboxylic acids is 2. The number of nitrogens with one attached hydrogen (secondary N) is 1. The number of fused-ring (bicyclic) bond motifs is 1. The van der Waals surface area contributed by atoms with Crippen molar-refractivity contribution in [2.75, 3.05) is 0 Å². The van der Waals surface area contributed by atoms with Gasteiger partial charge in [0.25, 0.3) is 11.5 Å². The summed E-state index contributed by atoms with van der Waals surface area (Å²) < 4.78 is 38.1. The largest absolute Gasteiger partial charge is 0.480 e. The monoisotopic (exact) mass is 463 g/mol. The van der Waals surface area contributed by atoms with Crippen LogP contribution in [0.1, 0.15) is 25.5 Å². The van der Waals surface area contributed by atoms with Crippen LogP contribution in [0.4, 0.5) is 13.2 Å². The fourth-order valence-electron chi connectivity index (χ4n) is 3.61. The number of β-lactam (4-membered cyclic amide) rings is 1. The fraction of sp³-hybridized carbons (Fsp3) is 0.471. The first-order chi connectivity index (χ1) is 14.2. The van der Waals surface area contributed by atoms with E-state index in [1.165, 1.54) is 0 Å². The Bertz CT molecular complexity index is 1040. The number of hydrogen-bond donors (Lipinski definition) is 3. The molecular formula is C17H16F3N3O7S. The van der Waals surface area contributed by atoms with E-state index < -0.39 is 69.3 Å². The maximum absolute atomic E-state index is 12.9. The summed E-state index contributed by atoms with van der Waals surface area (Å²) in [6.07, 6.45) is -4.68. The maximum atomic E-state index is 12.9. The van der Waals surface area contributed by atoms with E-state index in [2.05, 4.69) is 5.32 Å². The Kier molecular flexibility index (Phi) is 5.32. The minimum absolute atomic E-state index is 0.118. The molecule has 1 aromatic heterocycles. The number of rotatable bonds is 5. The molecule has 0 saturated carbocycles. The minimum atomic E-state index is -4.89. The lowest BCUT2D eigenvalue weighted by molar-refractivity contribution is -0.161. The zero-order valence-electron chi connectivity index (χ0n) is 15.9. The summed E-state index contributed by atoms with van der Waals surface area (Å²) in [6.45, 7) is 3.17. The smallest absolute Gasteiger partial charge is 0.417 e. The molecule has 2 aliphatic heterocycles. The fourth-order valence-corrected chi connectivity index (χ4v) is 5.23. The number of carbonyl (C=O) groups is 4. The second-order valence-corrected chi connectivity index (χ2v) is 9.26. The second kappa shape index (κ2) is 7.28. The highest BCUT2D eigenvalue weighted by molar-refractivity contribution is 8.01. The van der Waals surface area contributed by atoms with Gasteiger partial charge in [0.2, 0.25) is 11.9 Å². The van der Waals surface area contributed by atoms with Crippen molar-refractivity contribution < 1.29 is 42.6 Å². The molecule has 10 nitrogen and oxygen atoms in total. The SMILES string of the molecule is CC1(C)S[C@@H]2[C@H](NC(=O)C(C(=O)O)n3cc(C(F)(F)F)ccc3=O)C(=O)N2[C@H]1C(=O)O. The number of thioether (sulfide) groups is 1. The van der Waals surface area contributed by atoms with Crippen molar-refractivity contribution in [2.24, 2.45) is 0 Å². The summed E-state index contributed by atoms with van der Waals surface area (Å²) in [5.74, 6) is -5.32. The first-order valence-electron chi connectivity index (χ1n) is 8.72. The predicted octanol–water partition coefficient (Wildman–Crippen LogP) is 0.124. The molecule has 0 bridgehead atoms. The molecule has 2 amide bonds. The van der Waals surface area contributed by atoms with Crippen molar-refractivity contribution in [1.82, 2.24) is 14.8 Å². The predicted molar refractivity (Wildman–Crippen MR) is 98.0 cm³/mol. The van der Waals surface area contributed by atoms with Gasteiger partial charge < -0.3 is 20.4 Å². The van der Waals surface area contributed by atoms with E-state index in [-0.39, 0.29) is 10.8 Å². The third kappa shape index (κ3) is 3.75. The van der Waals surface area contributed by atoms with Gasteiger partial charge >= 0.3 is 18.1 Å². The number of amides is 2. The molecule has 3 rings (SSSR count). The summed E-state index contributed by atoms with van der Waals surface area (Å²) in [5.41, 5.74) is -2.51. The Morgan fingerprint density at radius 1 is 1.19 bits per heavy atom. The molecular weight excluding hydrogens is 447 g/mol. The van der Waals surface area contributed by atoms with Gasteiger partial charge in [-0.25, -0.2) is 9.59 Å². The van der Waals surface area contributed by atoms with E-state index in [9.17, 15) is 47.4 Å². The summed E-state index contributed by atoms with van der Waals surface area (Å²) >= 11 is 1.08. The first kappa shape index (κ1) is 22.7. The summed E-state index contributed by atoms with van der Waals surface area (Å²) in [6, 6.07) is -3.90. The van der Waals surface area contributed by atoms with Gasteiger partial charge in [-0.05, 0) is 19.9 Å². The van der Waals surface area contributed by atoms with Crippen molar-refractivity contribution in [3.05, 3.63) is 34.2 Å². The standard InChI is InChI=1S/C17H16F3N3O7S/c1-16(2)10(15(29)30)23-12(26)8(13(23)31-16)21-11(25)9(14(27)28)22-5-6(17(18,19)20)3-4-7(22)24/h3-5,8-10,13H,1-2H3,(H,21,25)(H,27,28)(H,29,30)/t8-,9?,10+,13-/m1/s1. The van der Waals surface area contributed by atoms with Crippen LogP contribution in [-0.4, -0.2) is 65.6 Å². The number of aromatic nitrogens is 1. The van der Waals surface area contributed by atoms with Gasteiger partial charge in [-0.3, -0.25) is 19.0 Å². The third-order valence-corrected chi connectivity index (χ3v) is 6.57. The van der Waals surface area contributed by atoms with Crippen LogP contribution in [0.25, 0.3) is 0 Å². The maximum Gasteiger partial charge on any atom is 0.417 e. The van der Waals surface area contributed by atoms with E-state index >= 15 is 0 Å². The van der Waals surface area contributed by atoms with Crippen LogP contribution in [0.15, 0.2) is 23.1 Å². The zero-order chi connectivity index (χ0) is 23.5. The average molecular weight is 463 g/mol. The second-order valence-electron chi connectivity index (χ2n) is 7.49. The number of carboxylic acid groups (broad SMARTS) is 2. The van der Waals surface area contributed by atoms with Gasteiger partial charge in [0.15, 0.2) is 0 Å². The lowest BCUT2D eigenvalue weighted by atomic mass is 9.96. The molecule has 4 atom stereocenters. The molecule has 0 aliphatic carbocycles. The van der Waals surface area contributed by atoms with E-state index in [1.54, 1.807) is 13.8 Å². The van der Waals surface area contributed by atoms with Crippen LogP contribution >= 0.6 is 11.8 Å². The molecule has 2 saturated heterocycles. The van der Waals surface area contributed by atoms with Crippen LogP contribution in [0.3, 0.4) is 0 Å². The quantitative estimate of drug-likeness (QED) is 0.413. The molecule has 31 heavy (non-hydrogen) atoms. The van der Waals surface area contributed by atoms with E-state index in [0.717, 1.165) is 16.7 Å². The highest BCUT2D eigenvalue weighted by atomic mass is 32.2. The summed E-state index contributed by atoms with van der Waals surface area (Å²) in [7, 11) is 0. The van der Waals surface area contributed by atoms with Crippen molar-refractivity contribution in [3.63, 3.8) is 0 Å². The molecule has 0 spiro atoms. The molecule has 0 aromatic carbocycles. The van der Waals surface area contributed by atoms with Crippen LogP contribution in [0.5, 0.6) is 0 Å². The topological polar surface area (TPSA) is 146 Å². The van der Waals surface area contributed by atoms with Crippen LogP contribution in [0, 0.1) is 0 Å². The number of aliphatic carboxylic acids is 2.